The van der Waals surface area contributed by atoms with Crippen LogP contribution in [0.2, 0.25) is 5.02 Å². The summed E-state index contributed by atoms with van der Waals surface area (Å²) in [6.45, 7) is 1.87. The van der Waals surface area contributed by atoms with E-state index in [1.807, 2.05) is 6.92 Å². The lowest BCUT2D eigenvalue weighted by atomic mass is 10.2. The Morgan fingerprint density at radius 1 is 1.44 bits per heavy atom. The number of benzene rings is 1. The fourth-order valence-electron chi connectivity index (χ4n) is 1.33. The average Bonchev–Trinajstić information content (AvgIpc) is 2.34. The molecular weight excluding hydrogens is 254 g/mol. The minimum atomic E-state index is -0.411. The van der Waals surface area contributed by atoms with Crippen LogP contribution in [0.1, 0.15) is 16.1 Å². The molecule has 5 nitrogen and oxygen atoms in total. The number of anilines is 1. The van der Waals surface area contributed by atoms with E-state index in [2.05, 4.69) is 15.3 Å². The molecule has 0 aliphatic rings. The molecule has 0 radical (unpaired) electrons. The van der Waals surface area contributed by atoms with Crippen molar-refractivity contribution in [2.45, 2.75) is 6.92 Å². The summed E-state index contributed by atoms with van der Waals surface area (Å²) in [6.07, 6.45) is 2.31. The van der Waals surface area contributed by atoms with E-state index in [1.54, 1.807) is 18.2 Å². The number of halogens is 1. The highest BCUT2D eigenvalue weighted by Gasteiger charge is 2.08. The highest BCUT2D eigenvalue weighted by molar-refractivity contribution is 6.31. The first-order valence-electron chi connectivity index (χ1n) is 5.18. The third kappa shape index (κ3) is 2.75. The molecule has 1 aromatic carbocycles. The lowest BCUT2D eigenvalue weighted by molar-refractivity contribution is 0.102. The first kappa shape index (κ1) is 12.3. The second-order valence-electron chi connectivity index (χ2n) is 3.71. The van der Waals surface area contributed by atoms with Crippen LogP contribution in [-0.4, -0.2) is 15.9 Å². The first-order chi connectivity index (χ1) is 8.56. The van der Waals surface area contributed by atoms with Crippen molar-refractivity contribution < 1.29 is 4.79 Å². The number of nitrogens with zero attached hydrogens (tertiary/aromatic N) is 1. The predicted octanol–water partition coefficient (Wildman–Crippen LogP) is 1.98. The van der Waals surface area contributed by atoms with Gasteiger partial charge in [-0.25, -0.2) is 4.98 Å². The fraction of sp³-hybridized carbons (Fsp3) is 0.0833. The van der Waals surface area contributed by atoms with Gasteiger partial charge in [0, 0.05) is 16.9 Å². The zero-order chi connectivity index (χ0) is 13.1. The molecule has 2 rings (SSSR count). The molecule has 0 aliphatic carbocycles. The Morgan fingerprint density at radius 2 is 2.22 bits per heavy atom. The van der Waals surface area contributed by atoms with Gasteiger partial charge in [-0.05, 0) is 24.6 Å². The summed E-state index contributed by atoms with van der Waals surface area (Å²) in [5, 5.41) is 3.21. The number of hydrogen-bond donors (Lipinski definition) is 2. The molecule has 0 spiro atoms. The van der Waals surface area contributed by atoms with Crippen molar-refractivity contribution in [2.24, 2.45) is 0 Å². The SMILES string of the molecule is Cc1ccc(NC(=O)c2c[nH]c(=O)cn2)cc1Cl. The van der Waals surface area contributed by atoms with Gasteiger partial charge in [-0.2, -0.15) is 0 Å². The molecule has 0 fully saturated rings. The zero-order valence-electron chi connectivity index (χ0n) is 9.53. The van der Waals surface area contributed by atoms with Gasteiger partial charge in [-0.15, -0.1) is 0 Å². The van der Waals surface area contributed by atoms with Gasteiger partial charge in [-0.1, -0.05) is 17.7 Å². The number of aromatic amines is 1. The number of aryl methyl sites for hydroxylation is 1. The Morgan fingerprint density at radius 3 is 2.83 bits per heavy atom. The zero-order valence-corrected chi connectivity index (χ0v) is 10.3. The lowest BCUT2D eigenvalue weighted by Crippen LogP contribution is -2.16. The van der Waals surface area contributed by atoms with E-state index in [1.165, 1.54) is 6.20 Å². The van der Waals surface area contributed by atoms with Gasteiger partial charge < -0.3 is 10.3 Å². The van der Waals surface area contributed by atoms with Crippen molar-refractivity contribution in [1.82, 2.24) is 9.97 Å². The summed E-state index contributed by atoms with van der Waals surface area (Å²) in [7, 11) is 0. The van der Waals surface area contributed by atoms with E-state index < -0.39 is 5.91 Å². The molecule has 0 aliphatic heterocycles. The molecule has 0 saturated carbocycles. The number of amides is 1. The van der Waals surface area contributed by atoms with Crippen molar-refractivity contribution in [1.29, 1.82) is 0 Å². The number of carbonyl (C=O) groups is 1. The monoisotopic (exact) mass is 263 g/mol. The first-order valence-corrected chi connectivity index (χ1v) is 5.56. The van der Waals surface area contributed by atoms with E-state index in [4.69, 9.17) is 11.6 Å². The maximum atomic E-state index is 11.8. The van der Waals surface area contributed by atoms with Crippen LogP contribution < -0.4 is 10.9 Å². The third-order valence-electron chi connectivity index (χ3n) is 2.33. The van der Waals surface area contributed by atoms with Crippen LogP contribution in [-0.2, 0) is 0 Å². The van der Waals surface area contributed by atoms with Gasteiger partial charge in [0.05, 0.1) is 6.20 Å². The average molecular weight is 264 g/mol. The van der Waals surface area contributed by atoms with E-state index in [9.17, 15) is 9.59 Å². The summed E-state index contributed by atoms with van der Waals surface area (Å²) < 4.78 is 0. The van der Waals surface area contributed by atoms with Crippen molar-refractivity contribution in [3.05, 3.63) is 57.2 Å². The van der Waals surface area contributed by atoms with E-state index in [-0.39, 0.29) is 11.3 Å². The molecular formula is C12H10ClN3O2. The van der Waals surface area contributed by atoms with Crippen LogP contribution in [0.4, 0.5) is 5.69 Å². The molecule has 1 heterocycles. The molecule has 18 heavy (non-hydrogen) atoms. The third-order valence-corrected chi connectivity index (χ3v) is 2.74. The smallest absolute Gasteiger partial charge is 0.275 e. The minimum absolute atomic E-state index is 0.131. The second kappa shape index (κ2) is 5.01. The number of aromatic nitrogens is 2. The number of hydrogen-bond acceptors (Lipinski definition) is 3. The normalized spacial score (nSPS) is 10.1. The van der Waals surface area contributed by atoms with Gasteiger partial charge in [0.15, 0.2) is 0 Å². The molecule has 0 saturated heterocycles. The second-order valence-corrected chi connectivity index (χ2v) is 4.12. The van der Waals surface area contributed by atoms with Gasteiger partial charge in [0.2, 0.25) is 0 Å². The number of rotatable bonds is 2. The Balaban J connectivity index is 2.18. The largest absolute Gasteiger partial charge is 0.325 e. The molecule has 6 heteroatoms. The fourth-order valence-corrected chi connectivity index (χ4v) is 1.51. The lowest BCUT2D eigenvalue weighted by Gasteiger charge is -2.05. The summed E-state index contributed by atoms with van der Waals surface area (Å²) in [5.41, 5.74) is 1.27. The van der Waals surface area contributed by atoms with Gasteiger partial charge in [0.1, 0.15) is 5.69 Å². The number of carbonyl (C=O) groups excluding carboxylic acids is 1. The van der Waals surface area contributed by atoms with Crippen molar-refractivity contribution in [3.8, 4) is 0 Å². The number of H-pyrrole nitrogens is 1. The maximum absolute atomic E-state index is 11.8. The molecule has 0 bridgehead atoms. The summed E-state index contributed by atoms with van der Waals surface area (Å²) in [5.74, 6) is -0.411. The number of nitrogens with one attached hydrogen (secondary N) is 2. The molecule has 2 aromatic rings. The predicted molar refractivity (Wildman–Crippen MR) is 69.0 cm³/mol. The summed E-state index contributed by atoms with van der Waals surface area (Å²) in [4.78, 5) is 28.7. The Hall–Kier alpha value is -2.14. The van der Waals surface area contributed by atoms with Crippen LogP contribution >= 0.6 is 11.6 Å². The minimum Gasteiger partial charge on any atom is -0.325 e. The van der Waals surface area contributed by atoms with Crippen molar-refractivity contribution in [3.63, 3.8) is 0 Å². The highest BCUT2D eigenvalue weighted by Crippen LogP contribution is 2.20. The van der Waals surface area contributed by atoms with Crippen molar-refractivity contribution >= 4 is 23.2 Å². The quantitative estimate of drug-likeness (QED) is 0.870. The van der Waals surface area contributed by atoms with Crippen molar-refractivity contribution in [2.75, 3.05) is 5.32 Å². The Bertz CT molecular complexity index is 632. The van der Waals surface area contributed by atoms with Gasteiger partial charge in [0.25, 0.3) is 11.5 Å². The molecule has 2 N–H and O–H groups in total. The van der Waals surface area contributed by atoms with Crippen LogP contribution in [0.3, 0.4) is 0 Å². The van der Waals surface area contributed by atoms with E-state index in [0.29, 0.717) is 10.7 Å². The van der Waals surface area contributed by atoms with Crippen LogP contribution in [0.5, 0.6) is 0 Å². The molecule has 0 unspecified atom stereocenters. The van der Waals surface area contributed by atoms with E-state index in [0.717, 1.165) is 11.8 Å². The van der Waals surface area contributed by atoms with Gasteiger partial charge in [-0.3, -0.25) is 9.59 Å². The topological polar surface area (TPSA) is 74.8 Å². The highest BCUT2D eigenvalue weighted by atomic mass is 35.5. The van der Waals surface area contributed by atoms with Crippen LogP contribution in [0.25, 0.3) is 0 Å². The summed E-state index contributed by atoms with van der Waals surface area (Å²) >= 11 is 5.95. The maximum Gasteiger partial charge on any atom is 0.275 e. The van der Waals surface area contributed by atoms with Crippen LogP contribution in [0.15, 0.2) is 35.4 Å². The van der Waals surface area contributed by atoms with Crippen LogP contribution in [0, 0.1) is 6.92 Å². The summed E-state index contributed by atoms with van der Waals surface area (Å²) in [6, 6.07) is 5.20. The standard InChI is InChI=1S/C12H10ClN3O2/c1-7-2-3-8(4-9(7)13)16-12(18)10-5-15-11(17)6-14-10/h2-6H,1H3,(H,15,17)(H,16,18). The molecule has 1 amide bonds. The Labute approximate surface area is 108 Å². The molecule has 1 aromatic heterocycles. The Kier molecular flexibility index (Phi) is 3.43. The molecule has 92 valence electrons. The molecule has 0 atom stereocenters. The van der Waals surface area contributed by atoms with Gasteiger partial charge >= 0.3 is 0 Å². The van der Waals surface area contributed by atoms with E-state index >= 15 is 0 Å².